The second kappa shape index (κ2) is 7.35. The Bertz CT molecular complexity index is 1140. The van der Waals surface area contributed by atoms with Gasteiger partial charge < -0.3 is 14.4 Å². The van der Waals surface area contributed by atoms with Crippen molar-refractivity contribution < 1.29 is 9.47 Å². The van der Waals surface area contributed by atoms with Crippen molar-refractivity contribution in [2.75, 3.05) is 32.2 Å². The normalized spacial score (nSPS) is 23.0. The molecule has 0 amide bonds. The number of methoxy groups -OCH3 is 2. The molecular weight excluding hydrogens is 378 g/mol. The van der Waals surface area contributed by atoms with E-state index in [1.807, 2.05) is 30.5 Å². The van der Waals surface area contributed by atoms with Gasteiger partial charge in [-0.05, 0) is 60.9 Å². The zero-order valence-corrected chi connectivity index (χ0v) is 17.7. The summed E-state index contributed by atoms with van der Waals surface area (Å²) < 4.78 is 12.3. The SMILES string of the molecule is COc1ccc(-c2cc(=O)n3cc(N4CC5CCC(C4)C5C)ccc3n2)cc1OC. The molecule has 2 bridgehead atoms. The molecule has 1 saturated heterocycles. The number of aromatic nitrogens is 2. The van der Waals surface area contributed by atoms with Crippen LogP contribution in [0, 0.1) is 17.8 Å². The maximum Gasteiger partial charge on any atom is 0.258 e. The van der Waals surface area contributed by atoms with E-state index in [1.165, 1.54) is 12.8 Å². The molecule has 30 heavy (non-hydrogen) atoms. The van der Waals surface area contributed by atoms with Crippen molar-refractivity contribution >= 4 is 11.3 Å². The third kappa shape index (κ3) is 3.11. The first-order valence-corrected chi connectivity index (χ1v) is 10.6. The van der Waals surface area contributed by atoms with Gasteiger partial charge in [0.05, 0.1) is 25.6 Å². The van der Waals surface area contributed by atoms with Crippen LogP contribution >= 0.6 is 0 Å². The van der Waals surface area contributed by atoms with Gasteiger partial charge in [-0.15, -0.1) is 0 Å². The van der Waals surface area contributed by atoms with Gasteiger partial charge in [0.15, 0.2) is 11.5 Å². The lowest BCUT2D eigenvalue weighted by atomic mass is 9.87. The van der Waals surface area contributed by atoms with E-state index in [1.54, 1.807) is 24.7 Å². The van der Waals surface area contributed by atoms with Gasteiger partial charge in [-0.25, -0.2) is 4.98 Å². The minimum atomic E-state index is -0.0833. The van der Waals surface area contributed by atoms with E-state index in [2.05, 4.69) is 17.9 Å². The fraction of sp³-hybridized carbons (Fsp3) is 0.417. The molecule has 0 N–H and O–H groups in total. The number of anilines is 1. The molecule has 6 nitrogen and oxygen atoms in total. The Balaban J connectivity index is 1.50. The lowest BCUT2D eigenvalue weighted by Crippen LogP contribution is -2.41. The maximum absolute atomic E-state index is 12.9. The largest absolute Gasteiger partial charge is 0.493 e. The fourth-order valence-electron chi connectivity index (χ4n) is 5.13. The molecule has 1 aromatic carbocycles. The van der Waals surface area contributed by atoms with Crippen molar-refractivity contribution in [1.82, 2.24) is 9.38 Å². The average molecular weight is 405 g/mol. The van der Waals surface area contributed by atoms with E-state index >= 15 is 0 Å². The molecule has 5 rings (SSSR count). The number of piperidine rings is 1. The first-order chi connectivity index (χ1) is 14.6. The van der Waals surface area contributed by atoms with Crippen LogP contribution in [-0.4, -0.2) is 36.7 Å². The third-order valence-corrected chi connectivity index (χ3v) is 6.99. The van der Waals surface area contributed by atoms with Crippen LogP contribution < -0.4 is 19.9 Å². The zero-order chi connectivity index (χ0) is 20.8. The molecule has 2 aliphatic rings. The average Bonchev–Trinajstić information content (AvgIpc) is 2.98. The Morgan fingerprint density at radius 3 is 2.40 bits per heavy atom. The molecule has 6 heteroatoms. The number of ether oxygens (including phenoxy) is 2. The Morgan fingerprint density at radius 2 is 1.70 bits per heavy atom. The fourth-order valence-corrected chi connectivity index (χ4v) is 5.13. The van der Waals surface area contributed by atoms with E-state index < -0.39 is 0 Å². The number of benzene rings is 1. The predicted molar refractivity (Wildman–Crippen MR) is 118 cm³/mol. The standard InChI is InChI=1S/C24H27N3O3/c1-15-17-4-5-18(15)13-26(12-17)19-7-9-23-25-20(11-24(28)27(23)14-19)16-6-8-21(29-2)22(10-16)30-3/h6-11,14-15,17-18H,4-5,12-13H2,1-3H3. The summed E-state index contributed by atoms with van der Waals surface area (Å²) in [4.78, 5) is 20.1. The summed E-state index contributed by atoms with van der Waals surface area (Å²) in [5, 5.41) is 0. The second-order valence-electron chi connectivity index (χ2n) is 8.53. The summed E-state index contributed by atoms with van der Waals surface area (Å²) in [7, 11) is 3.20. The van der Waals surface area contributed by atoms with Crippen molar-refractivity contribution in [2.24, 2.45) is 17.8 Å². The first kappa shape index (κ1) is 19.0. The molecule has 2 fully saturated rings. The van der Waals surface area contributed by atoms with Crippen LogP contribution in [0.4, 0.5) is 5.69 Å². The van der Waals surface area contributed by atoms with Crippen LogP contribution in [0.25, 0.3) is 16.9 Å². The smallest absolute Gasteiger partial charge is 0.258 e. The van der Waals surface area contributed by atoms with E-state index in [0.717, 1.165) is 42.1 Å². The lowest BCUT2D eigenvalue weighted by Gasteiger charge is -2.37. The van der Waals surface area contributed by atoms with Crippen molar-refractivity contribution in [3.63, 3.8) is 0 Å². The lowest BCUT2D eigenvalue weighted by molar-refractivity contribution is 0.295. The van der Waals surface area contributed by atoms with Crippen LogP contribution in [0.2, 0.25) is 0 Å². The minimum Gasteiger partial charge on any atom is -0.493 e. The molecule has 156 valence electrons. The van der Waals surface area contributed by atoms with Crippen LogP contribution in [-0.2, 0) is 0 Å². The topological polar surface area (TPSA) is 56.1 Å². The number of hydrogen-bond acceptors (Lipinski definition) is 5. The predicted octanol–water partition coefficient (Wildman–Crippen LogP) is 3.86. The quantitative estimate of drug-likeness (QED) is 0.660. The van der Waals surface area contributed by atoms with Gasteiger partial charge in [-0.1, -0.05) is 6.92 Å². The van der Waals surface area contributed by atoms with Crippen molar-refractivity contribution in [3.05, 3.63) is 52.9 Å². The highest BCUT2D eigenvalue weighted by Crippen LogP contribution is 2.42. The summed E-state index contributed by atoms with van der Waals surface area (Å²) in [6, 6.07) is 11.2. The highest BCUT2D eigenvalue weighted by atomic mass is 16.5. The van der Waals surface area contributed by atoms with Crippen LogP contribution in [0.1, 0.15) is 19.8 Å². The Hall–Kier alpha value is -3.02. The molecule has 0 spiro atoms. The van der Waals surface area contributed by atoms with E-state index in [-0.39, 0.29) is 5.56 Å². The number of rotatable bonds is 4. The van der Waals surface area contributed by atoms with Gasteiger partial charge in [-0.2, -0.15) is 0 Å². The molecule has 1 aliphatic carbocycles. The third-order valence-electron chi connectivity index (χ3n) is 6.99. The molecule has 0 radical (unpaired) electrons. The van der Waals surface area contributed by atoms with E-state index in [0.29, 0.717) is 22.8 Å². The number of nitrogens with zero attached hydrogens (tertiary/aromatic N) is 3. The van der Waals surface area contributed by atoms with Crippen LogP contribution in [0.15, 0.2) is 47.4 Å². The number of pyridine rings is 1. The molecule has 2 unspecified atom stereocenters. The van der Waals surface area contributed by atoms with Crippen molar-refractivity contribution in [1.29, 1.82) is 0 Å². The Labute approximate surface area is 176 Å². The van der Waals surface area contributed by atoms with Crippen LogP contribution in [0.5, 0.6) is 11.5 Å². The Kier molecular flexibility index (Phi) is 4.65. The van der Waals surface area contributed by atoms with Gasteiger partial charge in [0, 0.05) is 30.9 Å². The highest BCUT2D eigenvalue weighted by molar-refractivity contribution is 5.66. The molecule has 2 aromatic heterocycles. The van der Waals surface area contributed by atoms with Crippen molar-refractivity contribution in [3.8, 4) is 22.8 Å². The highest BCUT2D eigenvalue weighted by Gasteiger charge is 2.39. The monoisotopic (exact) mass is 405 g/mol. The van der Waals surface area contributed by atoms with Gasteiger partial charge >= 0.3 is 0 Å². The van der Waals surface area contributed by atoms with Gasteiger partial charge in [0.2, 0.25) is 0 Å². The molecule has 1 aliphatic heterocycles. The first-order valence-electron chi connectivity index (χ1n) is 10.6. The summed E-state index contributed by atoms with van der Waals surface area (Å²) in [6.07, 6.45) is 4.59. The molecule has 3 heterocycles. The number of hydrogen-bond donors (Lipinski definition) is 0. The van der Waals surface area contributed by atoms with Gasteiger partial charge in [0.25, 0.3) is 5.56 Å². The molecule has 3 aromatic rings. The molecular formula is C24H27N3O3. The summed E-state index contributed by atoms with van der Waals surface area (Å²) in [5.74, 6) is 3.60. The maximum atomic E-state index is 12.9. The Morgan fingerprint density at radius 1 is 0.967 bits per heavy atom. The minimum absolute atomic E-state index is 0.0833. The van der Waals surface area contributed by atoms with Crippen LogP contribution in [0.3, 0.4) is 0 Å². The molecule has 1 saturated carbocycles. The zero-order valence-electron chi connectivity index (χ0n) is 17.7. The van der Waals surface area contributed by atoms with E-state index in [9.17, 15) is 4.79 Å². The van der Waals surface area contributed by atoms with Gasteiger partial charge in [-0.3, -0.25) is 9.20 Å². The van der Waals surface area contributed by atoms with E-state index in [4.69, 9.17) is 14.5 Å². The second-order valence-corrected chi connectivity index (χ2v) is 8.53. The summed E-state index contributed by atoms with van der Waals surface area (Å²) in [5.41, 5.74) is 3.11. The summed E-state index contributed by atoms with van der Waals surface area (Å²) >= 11 is 0. The van der Waals surface area contributed by atoms with Gasteiger partial charge in [0.1, 0.15) is 5.65 Å². The number of fused-ring (bicyclic) bond motifs is 3. The molecule has 2 atom stereocenters. The van der Waals surface area contributed by atoms with Crippen molar-refractivity contribution in [2.45, 2.75) is 19.8 Å². The summed E-state index contributed by atoms with van der Waals surface area (Å²) in [6.45, 7) is 4.55.